The maximum Gasteiger partial charge on any atom is 0.261 e. The van der Waals surface area contributed by atoms with E-state index in [9.17, 15) is 13.2 Å². The fraction of sp³-hybridized carbons (Fsp3) is 0.381. The second kappa shape index (κ2) is 9.23. The van der Waals surface area contributed by atoms with E-state index in [1.54, 1.807) is 44.6 Å². The number of amides is 1. The smallest absolute Gasteiger partial charge is 0.261 e. The van der Waals surface area contributed by atoms with Crippen molar-refractivity contribution in [3.8, 4) is 17.2 Å². The average Bonchev–Trinajstić information content (AvgIpc) is 2.92. The maximum atomic E-state index is 13.0. The highest BCUT2D eigenvalue weighted by atomic mass is 35.5. The number of methoxy groups -OCH3 is 2. The van der Waals surface area contributed by atoms with Crippen molar-refractivity contribution in [2.45, 2.75) is 25.5 Å². The van der Waals surface area contributed by atoms with Gasteiger partial charge in [0.05, 0.1) is 32.2 Å². The van der Waals surface area contributed by atoms with Gasteiger partial charge in [0, 0.05) is 23.6 Å². The third-order valence-corrected chi connectivity index (χ3v) is 6.42. The molecular weight excluding hydrogens is 444 g/mol. The summed E-state index contributed by atoms with van der Waals surface area (Å²) >= 11 is 6.06. The Hall–Kier alpha value is -2.65. The van der Waals surface area contributed by atoms with Gasteiger partial charge in [-0.25, -0.2) is 8.42 Å². The SMILES string of the molecule is COc1ccc(OC)c([C@H](C)NC(=O)[C@@H]2CCN(S(C)(=O)=O)c3cc(Cl)ccc3O2)c1. The highest BCUT2D eigenvalue weighted by molar-refractivity contribution is 7.92. The van der Waals surface area contributed by atoms with Gasteiger partial charge in [0.25, 0.3) is 5.91 Å². The number of benzene rings is 2. The van der Waals surface area contributed by atoms with Crippen molar-refractivity contribution in [2.75, 3.05) is 31.3 Å². The summed E-state index contributed by atoms with van der Waals surface area (Å²) < 4.78 is 42.3. The molecule has 1 heterocycles. The molecule has 2 aromatic carbocycles. The van der Waals surface area contributed by atoms with Gasteiger partial charge in [0.15, 0.2) is 6.10 Å². The van der Waals surface area contributed by atoms with Crippen LogP contribution >= 0.6 is 11.6 Å². The van der Waals surface area contributed by atoms with Crippen molar-refractivity contribution < 1.29 is 27.4 Å². The van der Waals surface area contributed by atoms with Crippen molar-refractivity contribution in [3.63, 3.8) is 0 Å². The van der Waals surface area contributed by atoms with E-state index in [0.717, 1.165) is 11.8 Å². The van der Waals surface area contributed by atoms with E-state index in [1.165, 1.54) is 10.4 Å². The largest absolute Gasteiger partial charge is 0.497 e. The van der Waals surface area contributed by atoms with Crippen molar-refractivity contribution in [3.05, 3.63) is 47.0 Å². The number of nitrogens with one attached hydrogen (secondary N) is 1. The van der Waals surface area contributed by atoms with E-state index >= 15 is 0 Å². The first-order valence-electron chi connectivity index (χ1n) is 9.60. The molecule has 0 saturated heterocycles. The zero-order valence-corrected chi connectivity index (χ0v) is 19.3. The Morgan fingerprint density at radius 2 is 1.97 bits per heavy atom. The molecule has 10 heteroatoms. The van der Waals surface area contributed by atoms with Crippen LogP contribution in [0.5, 0.6) is 17.2 Å². The Morgan fingerprint density at radius 3 is 2.61 bits per heavy atom. The molecule has 1 aliphatic heterocycles. The van der Waals surface area contributed by atoms with Crippen LogP contribution in [0.4, 0.5) is 5.69 Å². The highest BCUT2D eigenvalue weighted by Gasteiger charge is 2.32. The molecule has 1 amide bonds. The van der Waals surface area contributed by atoms with Gasteiger partial charge in [0.1, 0.15) is 17.2 Å². The monoisotopic (exact) mass is 468 g/mol. The molecule has 168 valence electrons. The molecular formula is C21H25ClN2O6S. The Kier molecular flexibility index (Phi) is 6.86. The van der Waals surface area contributed by atoms with E-state index in [1.807, 2.05) is 6.92 Å². The number of hydrogen-bond acceptors (Lipinski definition) is 6. The second-order valence-corrected chi connectivity index (χ2v) is 9.52. The summed E-state index contributed by atoms with van der Waals surface area (Å²) in [6, 6.07) is 9.60. The molecule has 0 saturated carbocycles. The molecule has 1 N–H and O–H groups in total. The van der Waals surface area contributed by atoms with E-state index in [0.29, 0.717) is 22.2 Å². The first-order valence-corrected chi connectivity index (χ1v) is 11.8. The molecule has 3 rings (SSSR count). The Bertz CT molecular complexity index is 1080. The second-order valence-electron chi connectivity index (χ2n) is 7.18. The summed E-state index contributed by atoms with van der Waals surface area (Å²) in [6.07, 6.45) is 0.397. The third-order valence-electron chi connectivity index (χ3n) is 5.01. The topological polar surface area (TPSA) is 94.2 Å². The van der Waals surface area contributed by atoms with E-state index in [2.05, 4.69) is 5.32 Å². The number of hydrogen-bond donors (Lipinski definition) is 1. The fourth-order valence-electron chi connectivity index (χ4n) is 3.44. The molecule has 0 radical (unpaired) electrons. The van der Waals surface area contributed by atoms with Crippen LogP contribution in [-0.2, 0) is 14.8 Å². The fourth-order valence-corrected chi connectivity index (χ4v) is 4.55. The van der Waals surface area contributed by atoms with Crippen LogP contribution in [0.25, 0.3) is 0 Å². The third kappa shape index (κ3) is 5.16. The average molecular weight is 469 g/mol. The molecule has 1 aliphatic rings. The lowest BCUT2D eigenvalue weighted by molar-refractivity contribution is -0.128. The Labute approximate surface area is 187 Å². The maximum absolute atomic E-state index is 13.0. The van der Waals surface area contributed by atoms with Crippen LogP contribution in [0, 0.1) is 0 Å². The molecule has 2 aromatic rings. The minimum absolute atomic E-state index is 0.0844. The van der Waals surface area contributed by atoms with E-state index in [-0.39, 0.29) is 24.6 Å². The van der Waals surface area contributed by atoms with Gasteiger partial charge in [-0.1, -0.05) is 11.6 Å². The number of rotatable bonds is 6. The minimum atomic E-state index is -3.58. The summed E-state index contributed by atoms with van der Waals surface area (Å²) in [5, 5.41) is 3.29. The lowest BCUT2D eigenvalue weighted by Gasteiger charge is -2.22. The van der Waals surface area contributed by atoms with Crippen LogP contribution in [0.2, 0.25) is 5.02 Å². The van der Waals surface area contributed by atoms with Gasteiger partial charge < -0.3 is 19.5 Å². The number of anilines is 1. The Morgan fingerprint density at radius 1 is 1.23 bits per heavy atom. The number of halogens is 1. The van der Waals surface area contributed by atoms with Crippen LogP contribution in [0.1, 0.15) is 24.9 Å². The lowest BCUT2D eigenvalue weighted by atomic mass is 10.1. The van der Waals surface area contributed by atoms with Crippen molar-refractivity contribution in [1.29, 1.82) is 0 Å². The molecule has 0 unspecified atom stereocenters. The quantitative estimate of drug-likeness (QED) is 0.699. The van der Waals surface area contributed by atoms with Gasteiger partial charge in [0.2, 0.25) is 10.0 Å². The number of carbonyl (C=O) groups is 1. The molecule has 0 fully saturated rings. The first-order chi connectivity index (χ1) is 14.6. The number of ether oxygens (including phenoxy) is 3. The van der Waals surface area contributed by atoms with E-state index in [4.69, 9.17) is 25.8 Å². The molecule has 2 atom stereocenters. The molecule has 31 heavy (non-hydrogen) atoms. The molecule has 0 spiro atoms. The molecule has 0 bridgehead atoms. The standard InChI is InChI=1S/C21H25ClN2O6S/c1-13(16-12-15(28-2)6-8-18(16)29-3)23-21(25)20-9-10-24(31(4,26)27)17-11-14(22)5-7-19(17)30-20/h5-8,11-13,20H,9-10H2,1-4H3,(H,23,25)/t13-,20-/m0/s1. The minimum Gasteiger partial charge on any atom is -0.497 e. The van der Waals surface area contributed by atoms with Gasteiger partial charge in [-0.15, -0.1) is 0 Å². The van der Waals surface area contributed by atoms with Gasteiger partial charge in [-0.2, -0.15) is 0 Å². The van der Waals surface area contributed by atoms with Crippen LogP contribution in [-0.4, -0.2) is 47.4 Å². The Balaban J connectivity index is 1.84. The summed E-state index contributed by atoms with van der Waals surface area (Å²) in [5.74, 6) is 1.16. The summed E-state index contributed by atoms with van der Waals surface area (Å²) in [5.41, 5.74) is 1.06. The highest BCUT2D eigenvalue weighted by Crippen LogP contribution is 2.36. The lowest BCUT2D eigenvalue weighted by Crippen LogP contribution is -2.40. The van der Waals surface area contributed by atoms with Crippen molar-refractivity contribution in [2.24, 2.45) is 0 Å². The van der Waals surface area contributed by atoms with Crippen LogP contribution in [0.3, 0.4) is 0 Å². The number of fused-ring (bicyclic) bond motifs is 1. The van der Waals surface area contributed by atoms with Gasteiger partial charge in [-0.05, 0) is 43.3 Å². The predicted octanol–water partition coefficient (Wildman–Crippen LogP) is 3.15. The van der Waals surface area contributed by atoms with Gasteiger partial charge in [-0.3, -0.25) is 9.10 Å². The number of nitrogens with zero attached hydrogens (tertiary/aromatic N) is 1. The molecule has 8 nitrogen and oxygen atoms in total. The van der Waals surface area contributed by atoms with Crippen molar-refractivity contribution >= 4 is 33.2 Å². The normalized spacial score (nSPS) is 17.1. The van der Waals surface area contributed by atoms with Crippen LogP contribution in [0.15, 0.2) is 36.4 Å². The van der Waals surface area contributed by atoms with Crippen molar-refractivity contribution in [1.82, 2.24) is 5.32 Å². The predicted molar refractivity (Wildman–Crippen MR) is 119 cm³/mol. The zero-order chi connectivity index (χ0) is 22.8. The first kappa shape index (κ1) is 23.0. The summed E-state index contributed by atoms with van der Waals surface area (Å²) in [7, 11) is -0.466. The zero-order valence-electron chi connectivity index (χ0n) is 17.7. The molecule has 0 aliphatic carbocycles. The summed E-state index contributed by atoms with van der Waals surface area (Å²) in [4.78, 5) is 13.0. The van der Waals surface area contributed by atoms with Gasteiger partial charge >= 0.3 is 0 Å². The number of carbonyl (C=O) groups excluding carboxylic acids is 1. The van der Waals surface area contributed by atoms with E-state index < -0.39 is 22.2 Å². The number of sulfonamides is 1. The molecule has 0 aromatic heterocycles. The van der Waals surface area contributed by atoms with Crippen LogP contribution < -0.4 is 23.8 Å². The summed E-state index contributed by atoms with van der Waals surface area (Å²) in [6.45, 7) is 1.91.